The number of benzene rings is 2. The number of thiazole rings is 2. The van der Waals surface area contributed by atoms with E-state index in [1.165, 1.54) is 22.4 Å². The van der Waals surface area contributed by atoms with Gasteiger partial charge in [0.15, 0.2) is 5.13 Å². The Morgan fingerprint density at radius 2 is 1.72 bits per heavy atom. The molecule has 0 radical (unpaired) electrons. The maximum absolute atomic E-state index is 14.1. The van der Waals surface area contributed by atoms with E-state index in [1.54, 1.807) is 17.4 Å². The zero-order valence-electron chi connectivity index (χ0n) is 38.9. The molecule has 0 unspecified atom stereocenters. The molecule has 0 bridgehead atoms. The van der Waals surface area contributed by atoms with Gasteiger partial charge in [0, 0.05) is 58.2 Å². The number of rotatable bonds is 17. The van der Waals surface area contributed by atoms with Crippen LogP contribution in [0.3, 0.4) is 0 Å². The summed E-state index contributed by atoms with van der Waals surface area (Å²) in [6.07, 6.45) is 3.66. The molecule has 4 amide bonds. The average molecular weight is 971 g/mol. The number of aliphatic hydroxyl groups excluding tert-OH is 1. The topological polar surface area (TPSA) is 198 Å². The van der Waals surface area contributed by atoms with E-state index in [2.05, 4.69) is 46.1 Å². The van der Waals surface area contributed by atoms with E-state index < -0.39 is 23.6 Å². The molecule has 0 aliphatic carbocycles. The first-order valence-corrected chi connectivity index (χ1v) is 24.8. The number of nitrogens with one attached hydrogen (secondary N) is 4. The van der Waals surface area contributed by atoms with Crippen molar-refractivity contribution in [1.82, 2.24) is 40.4 Å². The van der Waals surface area contributed by atoms with Crippen molar-refractivity contribution in [3.05, 3.63) is 92.8 Å². The summed E-state index contributed by atoms with van der Waals surface area (Å²) in [6, 6.07) is 14.0. The zero-order chi connectivity index (χ0) is 47.8. The molecule has 16 nitrogen and oxygen atoms in total. The second-order valence-corrected chi connectivity index (χ2v) is 20.5. The van der Waals surface area contributed by atoms with Crippen molar-refractivity contribution >= 4 is 80.4 Å². The monoisotopic (exact) mass is 969 g/mol. The van der Waals surface area contributed by atoms with Crippen molar-refractivity contribution in [3.63, 3.8) is 0 Å². The average Bonchev–Trinajstić information content (AvgIpc) is 4.06. The van der Waals surface area contributed by atoms with Crippen LogP contribution < -0.4 is 26.2 Å². The number of likely N-dealkylation sites (tertiary alicyclic amines) is 1. The van der Waals surface area contributed by atoms with Gasteiger partial charge in [-0.1, -0.05) is 86.5 Å². The Kier molecular flexibility index (Phi) is 16.3. The van der Waals surface area contributed by atoms with Crippen LogP contribution in [0.25, 0.3) is 10.4 Å². The number of para-hydroxylation sites is 1. The van der Waals surface area contributed by atoms with Gasteiger partial charge in [-0.3, -0.25) is 19.2 Å². The first-order valence-electron chi connectivity index (χ1n) is 22.7. The maximum atomic E-state index is 14.1. The smallest absolute Gasteiger partial charge is 0.267 e. The van der Waals surface area contributed by atoms with Crippen LogP contribution in [0.15, 0.2) is 60.2 Å². The molecule has 2 saturated heterocycles. The van der Waals surface area contributed by atoms with E-state index >= 15 is 0 Å². The van der Waals surface area contributed by atoms with E-state index in [4.69, 9.17) is 11.6 Å². The molecule has 5 aromatic rings. The summed E-state index contributed by atoms with van der Waals surface area (Å²) in [7, 11) is 0. The molecule has 0 spiro atoms. The quantitative estimate of drug-likeness (QED) is 0.0593. The van der Waals surface area contributed by atoms with Crippen LogP contribution in [-0.2, 0) is 20.9 Å². The minimum absolute atomic E-state index is 0.102. The van der Waals surface area contributed by atoms with Gasteiger partial charge in [-0.15, -0.1) is 11.3 Å². The molecule has 19 heteroatoms. The fraction of sp³-hybridized carbons (Fsp3) is 0.458. The molecule has 3 aromatic heterocycles. The fourth-order valence-electron chi connectivity index (χ4n) is 8.35. The third kappa shape index (κ3) is 12.7. The van der Waals surface area contributed by atoms with Crippen LogP contribution in [-0.4, -0.2) is 116 Å². The molecule has 2 aliphatic heterocycles. The van der Waals surface area contributed by atoms with Crippen LogP contribution in [0, 0.1) is 26.2 Å². The Morgan fingerprint density at radius 1 is 0.955 bits per heavy atom. The van der Waals surface area contributed by atoms with Gasteiger partial charge in [-0.05, 0) is 68.3 Å². The molecular formula is C48H60ClN11O5S2. The lowest BCUT2D eigenvalue weighted by Gasteiger charge is -2.36. The summed E-state index contributed by atoms with van der Waals surface area (Å²) >= 11 is 9.10. The molecule has 3 atom stereocenters. The lowest BCUT2D eigenvalue weighted by molar-refractivity contribution is -0.142. The molecule has 5 N–H and O–H groups in total. The lowest BCUT2D eigenvalue weighted by atomic mass is 9.85. The number of unbranched alkanes of at least 4 members (excludes halogenated alkanes) is 2. The highest BCUT2D eigenvalue weighted by molar-refractivity contribution is 7.17. The summed E-state index contributed by atoms with van der Waals surface area (Å²) in [5, 5.41) is 24.1. The normalized spacial score (nSPS) is 16.8. The first kappa shape index (κ1) is 49.4. The number of β-amino-alcohol motifs (C(OH)–C–C–N with tert-alkyl or cyclic N) is 1. The third-order valence-electron chi connectivity index (χ3n) is 12.0. The number of carbonyl (C=O) groups excluding carboxylic acids is 4. The van der Waals surface area contributed by atoms with Gasteiger partial charge in [0.1, 0.15) is 28.4 Å². The third-order valence-corrected chi connectivity index (χ3v) is 14.2. The fourth-order valence-corrected chi connectivity index (χ4v) is 10.2. The molecule has 356 valence electrons. The van der Waals surface area contributed by atoms with Crippen molar-refractivity contribution in [2.24, 2.45) is 5.41 Å². The molecule has 2 fully saturated rings. The Morgan fingerprint density at radius 3 is 2.42 bits per heavy atom. The van der Waals surface area contributed by atoms with Gasteiger partial charge in [0.05, 0.1) is 45.1 Å². The molecular weight excluding hydrogens is 910 g/mol. The Balaban J connectivity index is 0.825. The van der Waals surface area contributed by atoms with E-state index in [0.717, 1.165) is 52.3 Å². The van der Waals surface area contributed by atoms with Gasteiger partial charge in [0.2, 0.25) is 17.7 Å². The Hall–Kier alpha value is -5.53. The highest BCUT2D eigenvalue weighted by Gasteiger charge is 2.43. The minimum atomic E-state index is -0.784. The second kappa shape index (κ2) is 22.1. The number of amides is 4. The van der Waals surface area contributed by atoms with Crippen molar-refractivity contribution in [2.45, 2.75) is 98.4 Å². The molecule has 0 saturated carbocycles. The Labute approximate surface area is 405 Å². The van der Waals surface area contributed by atoms with Crippen LogP contribution >= 0.6 is 34.3 Å². The van der Waals surface area contributed by atoms with Gasteiger partial charge in [-0.25, -0.2) is 19.9 Å². The molecule has 5 heterocycles. The number of halogens is 1. The summed E-state index contributed by atoms with van der Waals surface area (Å²) in [5.74, 6) is 1.19. The van der Waals surface area contributed by atoms with Crippen LogP contribution in [0.4, 0.5) is 22.5 Å². The molecule has 7 rings (SSSR count). The number of anilines is 4. The predicted molar refractivity (Wildman–Crippen MR) is 265 cm³/mol. The van der Waals surface area contributed by atoms with E-state index in [0.29, 0.717) is 78.1 Å². The van der Waals surface area contributed by atoms with Gasteiger partial charge in [-0.2, -0.15) is 0 Å². The second-order valence-electron chi connectivity index (χ2n) is 18.2. The number of aliphatic hydroxyl groups is 1. The van der Waals surface area contributed by atoms with Crippen LogP contribution in [0.5, 0.6) is 0 Å². The van der Waals surface area contributed by atoms with Crippen LogP contribution in [0.2, 0.25) is 5.02 Å². The number of hydrogen-bond acceptors (Lipinski definition) is 14. The van der Waals surface area contributed by atoms with E-state index in [-0.39, 0.29) is 36.6 Å². The Bertz CT molecular complexity index is 2520. The lowest BCUT2D eigenvalue weighted by Crippen LogP contribution is -2.56. The van der Waals surface area contributed by atoms with Crippen molar-refractivity contribution in [2.75, 3.05) is 54.8 Å². The van der Waals surface area contributed by atoms with Gasteiger partial charge in [0.25, 0.3) is 5.91 Å². The number of aryl methyl sites for hydroxylation is 3. The standard InChI is InChI=1S/C48H60ClN11O5S2/c1-29-11-10-12-35(49)41(29)57-45(64)37-26-52-47(67-37)56-38-24-39(55-31(3)54-38)58-19-21-59(22-20-58)40(62)13-8-7-9-18-50-43(48(4,5)6)46(65)60-27-34(61)23-36(60)44(63)51-25-32-14-16-33(17-15-32)42-30(2)53-28-66-42/h10-12,14-17,24,26,28,34,36,43,50,61H,7-9,13,18-23,25,27H2,1-6H3,(H,51,63)(H,57,64)(H,52,54,55,56)/t34-,36+,43-/m1/s1. The number of nitrogens with zero attached hydrogens (tertiary/aromatic N) is 7. The SMILES string of the molecule is Cc1nc(Nc2ncc(C(=O)Nc3c(C)cccc3Cl)s2)cc(N2CCN(C(=O)CCCCCN[C@H](C(=O)N3C[C@H](O)C[C@H]3C(=O)NCc3ccc(-c4scnc4C)cc3)C(C)(C)C)CC2)n1. The number of piperazine rings is 1. The summed E-state index contributed by atoms with van der Waals surface area (Å²) in [4.78, 5) is 78.8. The number of aromatic nitrogens is 4. The molecule has 67 heavy (non-hydrogen) atoms. The van der Waals surface area contributed by atoms with E-state index in [1.807, 2.05) is 94.4 Å². The summed E-state index contributed by atoms with van der Waals surface area (Å²) in [6.45, 7) is 15.0. The summed E-state index contributed by atoms with van der Waals surface area (Å²) in [5.41, 5.74) is 5.80. The highest BCUT2D eigenvalue weighted by Crippen LogP contribution is 2.31. The highest BCUT2D eigenvalue weighted by atomic mass is 35.5. The number of hydrogen-bond donors (Lipinski definition) is 5. The number of carbonyl (C=O) groups is 4. The molecule has 2 aromatic carbocycles. The maximum Gasteiger partial charge on any atom is 0.267 e. The van der Waals surface area contributed by atoms with Crippen LogP contribution in [0.1, 0.15) is 85.2 Å². The summed E-state index contributed by atoms with van der Waals surface area (Å²) < 4.78 is 0. The predicted octanol–water partition coefficient (Wildman–Crippen LogP) is 7.12. The minimum Gasteiger partial charge on any atom is -0.391 e. The van der Waals surface area contributed by atoms with Crippen molar-refractivity contribution in [1.29, 1.82) is 0 Å². The van der Waals surface area contributed by atoms with Gasteiger partial charge < -0.3 is 41.1 Å². The zero-order valence-corrected chi connectivity index (χ0v) is 41.3. The van der Waals surface area contributed by atoms with Crippen molar-refractivity contribution in [3.8, 4) is 10.4 Å². The van der Waals surface area contributed by atoms with Crippen molar-refractivity contribution < 1.29 is 24.3 Å². The largest absolute Gasteiger partial charge is 0.391 e. The van der Waals surface area contributed by atoms with Gasteiger partial charge >= 0.3 is 0 Å². The van der Waals surface area contributed by atoms with E-state index in [9.17, 15) is 24.3 Å². The molecule has 2 aliphatic rings. The first-order chi connectivity index (χ1) is 32.0.